The van der Waals surface area contributed by atoms with Crippen molar-refractivity contribution in [3.05, 3.63) is 29.8 Å². The summed E-state index contributed by atoms with van der Waals surface area (Å²) in [5.41, 5.74) is 2.71. The summed E-state index contributed by atoms with van der Waals surface area (Å²) in [6, 6.07) is 8.92. The van der Waals surface area contributed by atoms with Crippen molar-refractivity contribution in [1.82, 2.24) is 0 Å². The van der Waals surface area contributed by atoms with Crippen molar-refractivity contribution in [3.8, 4) is 0 Å². The summed E-state index contributed by atoms with van der Waals surface area (Å²) in [6.45, 7) is 3.36. The van der Waals surface area contributed by atoms with Gasteiger partial charge in [-0.3, -0.25) is 0 Å². The van der Waals surface area contributed by atoms with Crippen LogP contribution in [0.5, 0.6) is 0 Å². The molecule has 1 heteroatoms. The molecule has 1 aliphatic carbocycles. The summed E-state index contributed by atoms with van der Waals surface area (Å²) in [4.78, 5) is 0. The summed E-state index contributed by atoms with van der Waals surface area (Å²) in [5.74, 6) is 0.885. The predicted molar refractivity (Wildman–Crippen MR) is 80.1 cm³/mol. The lowest BCUT2D eigenvalue weighted by molar-refractivity contribution is 0.392. The van der Waals surface area contributed by atoms with Gasteiger partial charge in [-0.25, -0.2) is 0 Å². The average molecular weight is 245 g/mol. The first-order valence-corrected chi connectivity index (χ1v) is 7.71. The van der Waals surface area contributed by atoms with E-state index in [1.54, 1.807) is 0 Å². The van der Waals surface area contributed by atoms with Crippen LogP contribution in [0.2, 0.25) is 0 Å². The summed E-state index contributed by atoms with van der Waals surface area (Å²) in [5, 5.41) is 3.61. The van der Waals surface area contributed by atoms with Crippen LogP contribution < -0.4 is 5.32 Å². The van der Waals surface area contributed by atoms with Gasteiger partial charge in [0, 0.05) is 12.2 Å². The van der Waals surface area contributed by atoms with E-state index in [2.05, 4.69) is 36.5 Å². The summed E-state index contributed by atoms with van der Waals surface area (Å²) in [6.07, 6.45) is 11.2. The van der Waals surface area contributed by atoms with Crippen molar-refractivity contribution in [2.75, 3.05) is 11.9 Å². The molecule has 1 nitrogen and oxygen atoms in total. The first-order chi connectivity index (χ1) is 8.88. The van der Waals surface area contributed by atoms with Gasteiger partial charge in [-0.15, -0.1) is 0 Å². The van der Waals surface area contributed by atoms with Crippen LogP contribution in [0, 0.1) is 5.92 Å². The van der Waals surface area contributed by atoms with Crippen LogP contribution in [0.3, 0.4) is 0 Å². The van der Waals surface area contributed by atoms with Crippen molar-refractivity contribution in [2.45, 2.75) is 58.3 Å². The third-order valence-electron chi connectivity index (χ3n) is 4.18. The molecule has 0 spiro atoms. The summed E-state index contributed by atoms with van der Waals surface area (Å²) >= 11 is 0. The van der Waals surface area contributed by atoms with Crippen molar-refractivity contribution < 1.29 is 0 Å². The summed E-state index contributed by atoms with van der Waals surface area (Å²) in [7, 11) is 0. The van der Waals surface area contributed by atoms with Gasteiger partial charge in [-0.2, -0.15) is 0 Å². The van der Waals surface area contributed by atoms with Crippen LogP contribution in [-0.2, 0) is 6.42 Å². The third kappa shape index (κ3) is 4.36. The first kappa shape index (κ1) is 13.5. The lowest BCUT2D eigenvalue weighted by Gasteiger charge is -2.20. The molecule has 0 amide bonds. The molecule has 1 saturated carbocycles. The minimum atomic E-state index is 0.885. The molecule has 0 unspecified atom stereocenters. The van der Waals surface area contributed by atoms with Crippen LogP contribution >= 0.6 is 0 Å². The zero-order valence-corrected chi connectivity index (χ0v) is 11.8. The highest BCUT2D eigenvalue weighted by Crippen LogP contribution is 2.22. The van der Waals surface area contributed by atoms with E-state index in [1.807, 2.05) is 0 Å². The molecule has 0 bridgehead atoms. The van der Waals surface area contributed by atoms with Gasteiger partial charge in [0.2, 0.25) is 0 Å². The lowest BCUT2D eigenvalue weighted by Crippen LogP contribution is -2.15. The van der Waals surface area contributed by atoms with Gasteiger partial charge in [-0.05, 0) is 42.9 Å². The van der Waals surface area contributed by atoms with Gasteiger partial charge in [0.05, 0.1) is 0 Å². The van der Waals surface area contributed by atoms with E-state index in [0.717, 1.165) is 18.9 Å². The second-order valence-corrected chi connectivity index (χ2v) is 5.64. The van der Waals surface area contributed by atoms with Gasteiger partial charge in [0.25, 0.3) is 0 Å². The van der Waals surface area contributed by atoms with Gasteiger partial charge in [0.15, 0.2) is 0 Å². The number of nitrogens with one attached hydrogen (secondary N) is 1. The molecule has 1 aromatic rings. The third-order valence-corrected chi connectivity index (χ3v) is 4.18. The average Bonchev–Trinajstić information content (AvgIpc) is 2.38. The van der Waals surface area contributed by atoms with Crippen molar-refractivity contribution in [1.29, 1.82) is 0 Å². The van der Waals surface area contributed by atoms with E-state index in [0.29, 0.717) is 0 Å². The summed E-state index contributed by atoms with van der Waals surface area (Å²) < 4.78 is 0. The van der Waals surface area contributed by atoms with Gasteiger partial charge < -0.3 is 5.32 Å². The smallest absolute Gasteiger partial charge is 0.0340 e. The van der Waals surface area contributed by atoms with Crippen LogP contribution in [0.25, 0.3) is 0 Å². The van der Waals surface area contributed by atoms with Crippen molar-refractivity contribution in [2.24, 2.45) is 5.92 Å². The van der Waals surface area contributed by atoms with Crippen molar-refractivity contribution in [3.63, 3.8) is 0 Å². The Morgan fingerprint density at radius 3 is 2.17 bits per heavy atom. The predicted octanol–water partition coefficient (Wildman–Crippen LogP) is 5.02. The Balaban J connectivity index is 1.78. The topological polar surface area (TPSA) is 12.0 Å². The molecule has 1 aromatic carbocycles. The SMILES string of the molecule is CCc1ccc(NCC2CCCCCCC2)cc1. The second kappa shape index (κ2) is 7.45. The number of hydrogen-bond donors (Lipinski definition) is 1. The Bertz CT molecular complexity index is 320. The van der Waals surface area contributed by atoms with Gasteiger partial charge >= 0.3 is 0 Å². The highest BCUT2D eigenvalue weighted by molar-refractivity contribution is 5.44. The van der Waals surface area contributed by atoms with E-state index < -0.39 is 0 Å². The van der Waals surface area contributed by atoms with E-state index in [-0.39, 0.29) is 0 Å². The largest absolute Gasteiger partial charge is 0.385 e. The molecule has 0 heterocycles. The minimum absolute atomic E-state index is 0.885. The molecule has 100 valence electrons. The molecule has 2 rings (SSSR count). The molecule has 1 aliphatic rings. The monoisotopic (exact) mass is 245 g/mol. The van der Waals surface area contributed by atoms with Crippen LogP contribution in [0.15, 0.2) is 24.3 Å². The lowest BCUT2D eigenvalue weighted by atomic mass is 9.91. The fraction of sp³-hybridized carbons (Fsp3) is 0.647. The Labute approximate surface area is 112 Å². The zero-order valence-electron chi connectivity index (χ0n) is 11.8. The maximum absolute atomic E-state index is 3.61. The number of anilines is 1. The fourth-order valence-corrected chi connectivity index (χ4v) is 2.87. The molecule has 0 atom stereocenters. The first-order valence-electron chi connectivity index (χ1n) is 7.71. The molecule has 0 aromatic heterocycles. The second-order valence-electron chi connectivity index (χ2n) is 5.64. The Hall–Kier alpha value is -0.980. The Morgan fingerprint density at radius 1 is 0.944 bits per heavy atom. The van der Waals surface area contributed by atoms with Crippen molar-refractivity contribution >= 4 is 5.69 Å². The Morgan fingerprint density at radius 2 is 1.56 bits per heavy atom. The standard InChI is InChI=1S/C17H27N/c1-2-15-10-12-17(13-11-15)18-14-16-8-6-4-3-5-7-9-16/h10-13,16,18H,2-9,14H2,1H3. The maximum atomic E-state index is 3.61. The minimum Gasteiger partial charge on any atom is -0.385 e. The number of aryl methyl sites for hydroxylation is 1. The van der Waals surface area contributed by atoms with Crippen LogP contribution in [-0.4, -0.2) is 6.54 Å². The van der Waals surface area contributed by atoms with Crippen LogP contribution in [0.1, 0.15) is 57.4 Å². The molecule has 1 fully saturated rings. The van der Waals surface area contributed by atoms with Crippen LogP contribution in [0.4, 0.5) is 5.69 Å². The van der Waals surface area contributed by atoms with E-state index in [9.17, 15) is 0 Å². The van der Waals surface area contributed by atoms with E-state index in [4.69, 9.17) is 0 Å². The maximum Gasteiger partial charge on any atom is 0.0340 e. The fourth-order valence-electron chi connectivity index (χ4n) is 2.87. The molecule has 0 aliphatic heterocycles. The zero-order chi connectivity index (χ0) is 12.6. The number of hydrogen-bond acceptors (Lipinski definition) is 1. The molecular formula is C17H27N. The van der Waals surface area contributed by atoms with Gasteiger partial charge in [0.1, 0.15) is 0 Å². The highest BCUT2D eigenvalue weighted by Gasteiger charge is 2.10. The highest BCUT2D eigenvalue weighted by atomic mass is 14.9. The molecule has 0 radical (unpaired) electrons. The molecule has 18 heavy (non-hydrogen) atoms. The molecule has 0 saturated heterocycles. The number of benzene rings is 1. The van der Waals surface area contributed by atoms with E-state index in [1.165, 1.54) is 56.2 Å². The van der Waals surface area contributed by atoms with Gasteiger partial charge in [-0.1, -0.05) is 51.2 Å². The quantitative estimate of drug-likeness (QED) is 0.785. The molecular weight excluding hydrogens is 218 g/mol. The van der Waals surface area contributed by atoms with E-state index >= 15 is 0 Å². The number of rotatable bonds is 4. The normalized spacial score (nSPS) is 18.1. The molecule has 1 N–H and O–H groups in total. The Kier molecular flexibility index (Phi) is 5.57.